The van der Waals surface area contributed by atoms with E-state index >= 15 is 0 Å². The molecule has 1 saturated heterocycles. The van der Waals surface area contributed by atoms with E-state index in [4.69, 9.17) is 0 Å². The summed E-state index contributed by atoms with van der Waals surface area (Å²) >= 11 is 0. The normalized spacial score (nSPS) is 20.3. The predicted molar refractivity (Wildman–Crippen MR) is 95.2 cm³/mol. The van der Waals surface area contributed by atoms with Crippen molar-refractivity contribution in [3.8, 4) is 0 Å². The first kappa shape index (κ1) is 16.7. The van der Waals surface area contributed by atoms with E-state index in [-0.39, 0.29) is 17.9 Å². The topological polar surface area (TPSA) is 59.0 Å². The van der Waals surface area contributed by atoms with Crippen LogP contribution < -0.4 is 10.6 Å². The molecule has 1 aliphatic rings. The Hall–Kier alpha value is -2.14. The second-order valence-electron chi connectivity index (χ2n) is 6.64. The van der Waals surface area contributed by atoms with E-state index in [9.17, 15) is 4.79 Å². The molecule has 1 aromatic carbocycles. The lowest BCUT2D eigenvalue weighted by Crippen LogP contribution is -2.36. The van der Waals surface area contributed by atoms with Gasteiger partial charge in [-0.25, -0.2) is 0 Å². The quantitative estimate of drug-likeness (QED) is 0.888. The minimum absolute atomic E-state index is 0.0430. The Morgan fingerprint density at radius 1 is 1.29 bits per heavy atom. The molecule has 1 fully saturated rings. The van der Waals surface area contributed by atoms with Gasteiger partial charge in [0.1, 0.15) is 5.69 Å². The highest BCUT2D eigenvalue weighted by atomic mass is 16.2. The van der Waals surface area contributed by atoms with Crippen LogP contribution in [0.1, 0.15) is 54.7 Å². The lowest BCUT2D eigenvalue weighted by Gasteiger charge is -2.23. The molecule has 2 N–H and O–H groups in total. The number of amides is 1. The van der Waals surface area contributed by atoms with Gasteiger partial charge in [-0.2, -0.15) is 5.10 Å². The van der Waals surface area contributed by atoms with Gasteiger partial charge in [-0.15, -0.1) is 0 Å². The first-order valence-corrected chi connectivity index (χ1v) is 8.77. The van der Waals surface area contributed by atoms with Crippen molar-refractivity contribution in [3.63, 3.8) is 0 Å². The summed E-state index contributed by atoms with van der Waals surface area (Å²) in [5.41, 5.74) is 1.72. The number of hydrogen-bond donors (Lipinski definition) is 2. The van der Waals surface area contributed by atoms with Crippen LogP contribution in [0.15, 0.2) is 42.6 Å². The van der Waals surface area contributed by atoms with Crippen LogP contribution >= 0.6 is 0 Å². The molecule has 5 heteroatoms. The molecule has 24 heavy (non-hydrogen) atoms. The van der Waals surface area contributed by atoms with Crippen LogP contribution in [-0.2, 0) is 0 Å². The summed E-state index contributed by atoms with van der Waals surface area (Å²) in [5, 5.41) is 10.9. The number of carbonyl (C=O) groups excluding carboxylic acids is 1. The van der Waals surface area contributed by atoms with Crippen LogP contribution in [0.2, 0.25) is 0 Å². The lowest BCUT2D eigenvalue weighted by molar-refractivity contribution is 0.0929. The smallest absolute Gasteiger partial charge is 0.272 e. The zero-order valence-corrected chi connectivity index (χ0v) is 14.4. The van der Waals surface area contributed by atoms with Crippen LogP contribution in [-0.4, -0.2) is 34.8 Å². The maximum absolute atomic E-state index is 12.5. The zero-order chi connectivity index (χ0) is 16.9. The molecule has 5 nitrogen and oxygen atoms in total. The van der Waals surface area contributed by atoms with Crippen molar-refractivity contribution in [2.45, 2.75) is 44.7 Å². The monoisotopic (exact) mass is 326 g/mol. The third-order valence-electron chi connectivity index (χ3n) is 4.92. The van der Waals surface area contributed by atoms with Gasteiger partial charge in [0, 0.05) is 24.7 Å². The standard InChI is InChI=1S/C19H26N4O/c1-14(16-7-4-3-5-8-16)15(2)21-19(24)18-10-12-23(22-18)17-9-6-11-20-13-17/h3-5,7-8,10,12,14-15,17,20H,6,9,11,13H2,1-2H3,(H,21,24). The maximum atomic E-state index is 12.5. The van der Waals surface area contributed by atoms with Crippen LogP contribution in [0, 0.1) is 0 Å². The molecule has 3 atom stereocenters. The summed E-state index contributed by atoms with van der Waals surface area (Å²) in [7, 11) is 0. The molecule has 3 unspecified atom stereocenters. The largest absolute Gasteiger partial charge is 0.348 e. The van der Waals surface area contributed by atoms with Crippen molar-refractivity contribution in [2.75, 3.05) is 13.1 Å². The first-order chi connectivity index (χ1) is 11.6. The van der Waals surface area contributed by atoms with E-state index in [1.54, 1.807) is 0 Å². The van der Waals surface area contributed by atoms with Gasteiger partial charge in [-0.3, -0.25) is 9.48 Å². The van der Waals surface area contributed by atoms with E-state index < -0.39 is 0 Å². The second kappa shape index (κ2) is 7.62. The lowest BCUT2D eigenvalue weighted by atomic mass is 9.94. The van der Waals surface area contributed by atoms with E-state index in [0.717, 1.165) is 25.9 Å². The second-order valence-corrected chi connectivity index (χ2v) is 6.64. The SMILES string of the molecule is CC(NC(=O)c1ccn(C2CCCNC2)n1)C(C)c1ccccc1. The molecule has 0 bridgehead atoms. The Morgan fingerprint density at radius 3 is 2.79 bits per heavy atom. The number of rotatable bonds is 5. The molecule has 2 aromatic rings. The predicted octanol–water partition coefficient (Wildman–Crippen LogP) is 2.73. The van der Waals surface area contributed by atoms with E-state index in [2.05, 4.69) is 34.8 Å². The fraction of sp³-hybridized carbons (Fsp3) is 0.474. The summed E-state index contributed by atoms with van der Waals surface area (Å²) in [5.74, 6) is 0.146. The average molecular weight is 326 g/mol. The van der Waals surface area contributed by atoms with Gasteiger partial charge in [-0.05, 0) is 37.9 Å². The molecule has 128 valence electrons. The molecule has 0 saturated carbocycles. The van der Waals surface area contributed by atoms with Crippen molar-refractivity contribution in [2.24, 2.45) is 0 Å². The van der Waals surface area contributed by atoms with Gasteiger partial charge in [-0.1, -0.05) is 37.3 Å². The summed E-state index contributed by atoms with van der Waals surface area (Å²) in [6, 6.07) is 12.5. The molecule has 3 rings (SSSR count). The van der Waals surface area contributed by atoms with Gasteiger partial charge < -0.3 is 10.6 Å². The van der Waals surface area contributed by atoms with E-state index in [0.29, 0.717) is 11.7 Å². The zero-order valence-electron chi connectivity index (χ0n) is 14.4. The Morgan fingerprint density at radius 2 is 2.08 bits per heavy atom. The third-order valence-corrected chi connectivity index (χ3v) is 4.92. The van der Waals surface area contributed by atoms with Crippen molar-refractivity contribution < 1.29 is 4.79 Å². The number of nitrogens with zero attached hydrogens (tertiary/aromatic N) is 2. The van der Waals surface area contributed by atoms with Crippen LogP contribution in [0.5, 0.6) is 0 Å². The minimum atomic E-state index is -0.104. The highest BCUT2D eigenvalue weighted by molar-refractivity contribution is 5.92. The Kier molecular flexibility index (Phi) is 5.30. The Bertz CT molecular complexity index is 661. The molecule has 0 radical (unpaired) electrons. The number of carbonyl (C=O) groups is 1. The maximum Gasteiger partial charge on any atom is 0.272 e. The van der Waals surface area contributed by atoms with Crippen LogP contribution in [0.25, 0.3) is 0 Å². The van der Waals surface area contributed by atoms with E-state index in [1.807, 2.05) is 42.1 Å². The Balaban J connectivity index is 1.61. The fourth-order valence-electron chi connectivity index (χ4n) is 3.17. The van der Waals surface area contributed by atoms with Gasteiger partial charge >= 0.3 is 0 Å². The van der Waals surface area contributed by atoms with Crippen molar-refractivity contribution in [1.82, 2.24) is 20.4 Å². The number of benzene rings is 1. The number of nitrogens with one attached hydrogen (secondary N) is 2. The summed E-state index contributed by atoms with van der Waals surface area (Å²) < 4.78 is 1.92. The number of aromatic nitrogens is 2. The summed E-state index contributed by atoms with van der Waals surface area (Å²) in [6.07, 6.45) is 4.17. The van der Waals surface area contributed by atoms with Crippen molar-refractivity contribution in [1.29, 1.82) is 0 Å². The molecule has 0 aliphatic carbocycles. The first-order valence-electron chi connectivity index (χ1n) is 8.77. The van der Waals surface area contributed by atoms with Crippen LogP contribution in [0.3, 0.4) is 0 Å². The molecule has 1 amide bonds. The number of piperidine rings is 1. The van der Waals surface area contributed by atoms with Gasteiger partial charge in [0.25, 0.3) is 5.91 Å². The third kappa shape index (κ3) is 3.85. The molecule has 0 spiro atoms. The highest BCUT2D eigenvalue weighted by Crippen LogP contribution is 2.19. The summed E-state index contributed by atoms with van der Waals surface area (Å²) in [6.45, 7) is 6.16. The summed E-state index contributed by atoms with van der Waals surface area (Å²) in [4.78, 5) is 12.5. The minimum Gasteiger partial charge on any atom is -0.348 e. The number of hydrogen-bond acceptors (Lipinski definition) is 3. The van der Waals surface area contributed by atoms with E-state index in [1.165, 1.54) is 5.56 Å². The van der Waals surface area contributed by atoms with Gasteiger partial charge in [0.15, 0.2) is 0 Å². The fourth-order valence-corrected chi connectivity index (χ4v) is 3.17. The highest BCUT2D eigenvalue weighted by Gasteiger charge is 2.20. The van der Waals surface area contributed by atoms with Crippen molar-refractivity contribution in [3.05, 3.63) is 53.9 Å². The Labute approximate surface area is 143 Å². The average Bonchev–Trinajstić information content (AvgIpc) is 3.13. The molecular formula is C19H26N4O. The van der Waals surface area contributed by atoms with Gasteiger partial charge in [0.05, 0.1) is 6.04 Å². The molecular weight excluding hydrogens is 300 g/mol. The molecule has 2 heterocycles. The molecule has 1 aliphatic heterocycles. The van der Waals surface area contributed by atoms with Crippen molar-refractivity contribution >= 4 is 5.91 Å². The van der Waals surface area contributed by atoms with Crippen LogP contribution in [0.4, 0.5) is 0 Å². The molecule has 1 aromatic heterocycles. The van der Waals surface area contributed by atoms with Gasteiger partial charge in [0.2, 0.25) is 0 Å².